The van der Waals surface area contributed by atoms with Gasteiger partial charge in [0.25, 0.3) is 0 Å². The predicted octanol–water partition coefficient (Wildman–Crippen LogP) is 1.64. The average molecular weight is 422 g/mol. The van der Waals surface area contributed by atoms with Crippen molar-refractivity contribution in [2.24, 2.45) is 5.92 Å². The zero-order valence-electron chi connectivity index (χ0n) is 15.9. The fraction of sp³-hybridized carbons (Fsp3) is 0.600. The van der Waals surface area contributed by atoms with Crippen LogP contribution in [0.5, 0.6) is 0 Å². The third kappa shape index (κ3) is 3.63. The van der Waals surface area contributed by atoms with Crippen molar-refractivity contribution >= 4 is 40.7 Å². The molecule has 5 atom stereocenters. The van der Waals surface area contributed by atoms with Gasteiger partial charge in [0.15, 0.2) is 5.11 Å². The molecule has 4 rings (SSSR count). The SMILES string of the molecule is CSc1ccc(N2C(=S)N[C@H]3[C@@H](O)[C@H](O)C[C@@H](C(=O)NC4CCCC4)[C@H]32)cc1. The molecule has 1 heterocycles. The Balaban J connectivity index is 1.63. The normalized spacial score (nSPS) is 32.9. The third-order valence-electron chi connectivity index (χ3n) is 6.23. The number of fused-ring (bicyclic) bond motifs is 1. The summed E-state index contributed by atoms with van der Waals surface area (Å²) in [5.41, 5.74) is 0.894. The standard InChI is InChI=1S/C20H27N3O3S2/c1-28-13-8-6-12(7-9-13)23-17-14(19(26)21-11-4-2-3-5-11)10-15(24)18(25)16(17)22-20(23)27/h6-9,11,14-18,24-25H,2-5,10H2,1H3,(H,21,26)(H,22,27)/t14-,15-,16-,17-,18+/m1/s1. The topological polar surface area (TPSA) is 84.8 Å². The van der Waals surface area contributed by atoms with Gasteiger partial charge in [0.05, 0.1) is 24.1 Å². The van der Waals surface area contributed by atoms with E-state index in [0.29, 0.717) is 5.11 Å². The first-order chi connectivity index (χ1) is 13.5. The number of carbonyl (C=O) groups excluding carboxylic acids is 1. The Kier molecular flexibility index (Phi) is 5.83. The first-order valence-corrected chi connectivity index (χ1v) is 11.5. The highest BCUT2D eigenvalue weighted by Gasteiger charge is 2.54. The molecule has 1 amide bonds. The number of thiocarbonyl (C=S) groups is 1. The van der Waals surface area contributed by atoms with Crippen LogP contribution in [0, 0.1) is 5.92 Å². The molecule has 0 spiro atoms. The van der Waals surface area contributed by atoms with E-state index in [0.717, 1.165) is 36.3 Å². The number of nitrogens with zero attached hydrogens (tertiary/aromatic N) is 1. The maximum absolute atomic E-state index is 13.1. The van der Waals surface area contributed by atoms with Crippen molar-refractivity contribution < 1.29 is 15.0 Å². The van der Waals surface area contributed by atoms with Crippen LogP contribution in [0.4, 0.5) is 5.69 Å². The molecule has 1 saturated heterocycles. The number of amides is 1. The third-order valence-corrected chi connectivity index (χ3v) is 7.29. The largest absolute Gasteiger partial charge is 0.390 e. The monoisotopic (exact) mass is 421 g/mol. The smallest absolute Gasteiger partial charge is 0.225 e. The summed E-state index contributed by atoms with van der Waals surface area (Å²) in [7, 11) is 0. The Morgan fingerprint density at radius 3 is 2.57 bits per heavy atom. The van der Waals surface area contributed by atoms with Crippen molar-refractivity contribution in [2.45, 2.75) is 67.3 Å². The zero-order chi connectivity index (χ0) is 19.8. The van der Waals surface area contributed by atoms with Gasteiger partial charge in [-0.25, -0.2) is 0 Å². The molecule has 0 aromatic heterocycles. The van der Waals surface area contributed by atoms with Gasteiger partial charge in [0.1, 0.15) is 6.10 Å². The molecule has 6 nitrogen and oxygen atoms in total. The van der Waals surface area contributed by atoms with Gasteiger partial charge in [0.2, 0.25) is 5.91 Å². The number of anilines is 1. The van der Waals surface area contributed by atoms with Gasteiger partial charge in [-0.2, -0.15) is 0 Å². The number of nitrogens with one attached hydrogen (secondary N) is 2. The predicted molar refractivity (Wildman–Crippen MR) is 115 cm³/mol. The molecule has 3 fully saturated rings. The van der Waals surface area contributed by atoms with Gasteiger partial charge in [-0.1, -0.05) is 12.8 Å². The minimum atomic E-state index is -0.964. The summed E-state index contributed by atoms with van der Waals surface area (Å²) in [4.78, 5) is 16.2. The molecule has 1 aromatic rings. The van der Waals surface area contributed by atoms with Crippen molar-refractivity contribution in [1.82, 2.24) is 10.6 Å². The lowest BCUT2D eigenvalue weighted by Crippen LogP contribution is -2.61. The van der Waals surface area contributed by atoms with Crippen LogP contribution in [0.2, 0.25) is 0 Å². The van der Waals surface area contributed by atoms with E-state index in [9.17, 15) is 15.0 Å². The van der Waals surface area contributed by atoms with Gasteiger partial charge < -0.3 is 25.7 Å². The van der Waals surface area contributed by atoms with Crippen molar-refractivity contribution in [3.63, 3.8) is 0 Å². The summed E-state index contributed by atoms with van der Waals surface area (Å²) in [5, 5.41) is 27.8. The lowest BCUT2D eigenvalue weighted by Gasteiger charge is -2.41. The molecule has 0 bridgehead atoms. The Hall–Kier alpha value is -1.35. The molecular formula is C20H27N3O3S2. The first-order valence-electron chi connectivity index (χ1n) is 9.90. The summed E-state index contributed by atoms with van der Waals surface area (Å²) >= 11 is 7.22. The van der Waals surface area contributed by atoms with Crippen molar-refractivity contribution in [1.29, 1.82) is 0 Å². The molecule has 8 heteroatoms. The number of rotatable bonds is 4. The molecule has 1 aliphatic heterocycles. The number of aliphatic hydroxyl groups excluding tert-OH is 2. The molecule has 1 aromatic carbocycles. The van der Waals surface area contributed by atoms with E-state index in [4.69, 9.17) is 12.2 Å². The molecule has 2 aliphatic carbocycles. The molecular weight excluding hydrogens is 394 g/mol. The van der Waals surface area contributed by atoms with Crippen LogP contribution in [0.15, 0.2) is 29.2 Å². The number of carbonyl (C=O) groups is 1. The second-order valence-electron chi connectivity index (χ2n) is 7.92. The van der Waals surface area contributed by atoms with Gasteiger partial charge >= 0.3 is 0 Å². The molecule has 0 radical (unpaired) electrons. The highest BCUT2D eigenvalue weighted by Crippen LogP contribution is 2.37. The number of hydrogen-bond donors (Lipinski definition) is 4. The summed E-state index contributed by atoms with van der Waals surface area (Å²) in [6.07, 6.45) is 4.64. The van der Waals surface area contributed by atoms with E-state index in [1.54, 1.807) is 11.8 Å². The van der Waals surface area contributed by atoms with Crippen LogP contribution in [0.1, 0.15) is 32.1 Å². The highest BCUT2D eigenvalue weighted by molar-refractivity contribution is 7.98. The number of hydrogen-bond acceptors (Lipinski definition) is 5. The summed E-state index contributed by atoms with van der Waals surface area (Å²) in [6, 6.07) is 7.45. The van der Waals surface area contributed by atoms with Gasteiger partial charge in [0, 0.05) is 16.6 Å². The van der Waals surface area contributed by atoms with E-state index in [1.807, 2.05) is 35.4 Å². The molecule has 0 unspecified atom stereocenters. The number of aliphatic hydroxyl groups is 2. The van der Waals surface area contributed by atoms with E-state index in [1.165, 1.54) is 0 Å². The minimum absolute atomic E-state index is 0.0508. The minimum Gasteiger partial charge on any atom is -0.390 e. The summed E-state index contributed by atoms with van der Waals surface area (Å²) in [5.74, 6) is -0.498. The van der Waals surface area contributed by atoms with E-state index in [-0.39, 0.29) is 24.4 Å². The fourth-order valence-electron chi connectivity index (χ4n) is 4.76. The Morgan fingerprint density at radius 1 is 1.25 bits per heavy atom. The molecule has 28 heavy (non-hydrogen) atoms. The fourth-order valence-corrected chi connectivity index (χ4v) is 5.53. The van der Waals surface area contributed by atoms with E-state index >= 15 is 0 Å². The summed E-state index contributed by atoms with van der Waals surface area (Å²) < 4.78 is 0. The first kappa shape index (κ1) is 19.9. The Bertz CT molecular complexity index is 739. The number of benzene rings is 1. The van der Waals surface area contributed by atoms with E-state index in [2.05, 4.69) is 10.6 Å². The maximum Gasteiger partial charge on any atom is 0.225 e. The van der Waals surface area contributed by atoms with Gasteiger partial charge in [-0.15, -0.1) is 11.8 Å². The Labute approximate surface area is 175 Å². The van der Waals surface area contributed by atoms with Crippen molar-refractivity contribution in [3.05, 3.63) is 24.3 Å². The molecule has 4 N–H and O–H groups in total. The molecule has 3 aliphatic rings. The maximum atomic E-state index is 13.1. The zero-order valence-corrected chi connectivity index (χ0v) is 17.5. The van der Waals surface area contributed by atoms with Gasteiger partial charge in [-0.3, -0.25) is 4.79 Å². The van der Waals surface area contributed by atoms with Crippen LogP contribution in [-0.2, 0) is 4.79 Å². The van der Waals surface area contributed by atoms with Crippen LogP contribution in [0.3, 0.4) is 0 Å². The lowest BCUT2D eigenvalue weighted by atomic mass is 9.77. The van der Waals surface area contributed by atoms with Gasteiger partial charge in [-0.05, 0) is 62.0 Å². The van der Waals surface area contributed by atoms with Crippen LogP contribution < -0.4 is 15.5 Å². The van der Waals surface area contributed by atoms with Crippen molar-refractivity contribution in [2.75, 3.05) is 11.2 Å². The van der Waals surface area contributed by atoms with E-state index < -0.39 is 24.2 Å². The lowest BCUT2D eigenvalue weighted by molar-refractivity contribution is -0.131. The quantitative estimate of drug-likeness (QED) is 0.434. The van der Waals surface area contributed by atoms with Crippen LogP contribution in [0.25, 0.3) is 0 Å². The highest BCUT2D eigenvalue weighted by atomic mass is 32.2. The second kappa shape index (κ2) is 8.18. The average Bonchev–Trinajstić information content (AvgIpc) is 3.32. The Morgan fingerprint density at radius 2 is 1.93 bits per heavy atom. The summed E-state index contributed by atoms with van der Waals surface area (Å²) in [6.45, 7) is 0. The number of thioether (sulfide) groups is 1. The molecule has 2 saturated carbocycles. The van der Waals surface area contributed by atoms with Crippen LogP contribution >= 0.6 is 24.0 Å². The molecule has 152 valence electrons. The van der Waals surface area contributed by atoms with Crippen LogP contribution in [-0.4, -0.2) is 57.8 Å². The second-order valence-corrected chi connectivity index (χ2v) is 9.19. The van der Waals surface area contributed by atoms with Crippen molar-refractivity contribution in [3.8, 4) is 0 Å².